The Morgan fingerprint density at radius 1 is 1.21 bits per heavy atom. The standard InChI is InChI=1S/C13H25ClO4S/c1-12(9-17-2)18-10-13(11-19(14,15)16)7-5-3-4-6-8-13/h12H,3-11H2,1-2H3. The molecule has 1 rings (SSSR count). The molecular formula is C13H25ClO4S. The molecule has 114 valence electrons. The molecule has 19 heavy (non-hydrogen) atoms. The summed E-state index contributed by atoms with van der Waals surface area (Å²) in [5.74, 6) is 0.0151. The molecule has 4 nitrogen and oxygen atoms in total. The van der Waals surface area contributed by atoms with Gasteiger partial charge in [-0.15, -0.1) is 0 Å². The maximum atomic E-state index is 11.5. The van der Waals surface area contributed by atoms with Gasteiger partial charge in [0.25, 0.3) is 0 Å². The molecule has 1 aliphatic rings. The SMILES string of the molecule is COCC(C)OCC1(CS(=O)(=O)Cl)CCCCCC1. The van der Waals surface area contributed by atoms with E-state index in [1.807, 2.05) is 6.92 Å². The van der Waals surface area contributed by atoms with Crippen LogP contribution in [0.4, 0.5) is 0 Å². The van der Waals surface area contributed by atoms with Crippen molar-refractivity contribution in [1.82, 2.24) is 0 Å². The first kappa shape index (κ1) is 17.2. The van der Waals surface area contributed by atoms with Gasteiger partial charge in [0, 0.05) is 23.2 Å². The van der Waals surface area contributed by atoms with Crippen LogP contribution in [0.15, 0.2) is 0 Å². The second kappa shape index (κ2) is 7.81. The van der Waals surface area contributed by atoms with Crippen molar-refractivity contribution in [1.29, 1.82) is 0 Å². The first-order chi connectivity index (χ1) is 8.87. The molecule has 0 aromatic carbocycles. The van der Waals surface area contributed by atoms with Crippen molar-refractivity contribution < 1.29 is 17.9 Å². The van der Waals surface area contributed by atoms with Crippen LogP contribution in [0, 0.1) is 5.41 Å². The van der Waals surface area contributed by atoms with E-state index in [1.165, 1.54) is 0 Å². The molecule has 1 saturated carbocycles. The van der Waals surface area contributed by atoms with Crippen molar-refractivity contribution in [3.05, 3.63) is 0 Å². The van der Waals surface area contributed by atoms with Gasteiger partial charge in [0.2, 0.25) is 9.05 Å². The molecule has 0 aromatic rings. The second-order valence-electron chi connectivity index (χ2n) is 5.67. The van der Waals surface area contributed by atoms with E-state index in [4.69, 9.17) is 20.2 Å². The molecule has 1 fully saturated rings. The van der Waals surface area contributed by atoms with Crippen LogP contribution >= 0.6 is 10.7 Å². The molecule has 6 heteroatoms. The van der Waals surface area contributed by atoms with Gasteiger partial charge >= 0.3 is 0 Å². The quantitative estimate of drug-likeness (QED) is 0.536. The molecule has 0 aromatic heterocycles. The minimum absolute atomic E-state index is 0.0151. The Morgan fingerprint density at radius 3 is 2.26 bits per heavy atom. The van der Waals surface area contributed by atoms with Gasteiger partial charge in [-0.2, -0.15) is 0 Å². The summed E-state index contributed by atoms with van der Waals surface area (Å²) in [5, 5.41) is 0. The van der Waals surface area contributed by atoms with Crippen LogP contribution in [0.2, 0.25) is 0 Å². The fourth-order valence-corrected chi connectivity index (χ4v) is 4.57. The average molecular weight is 313 g/mol. The average Bonchev–Trinajstić information content (AvgIpc) is 2.51. The Hall–Kier alpha value is 0.160. The zero-order valence-corrected chi connectivity index (χ0v) is 13.4. The zero-order chi connectivity index (χ0) is 14.4. The third-order valence-corrected chi connectivity index (χ3v) is 5.00. The third-order valence-electron chi connectivity index (χ3n) is 3.72. The predicted molar refractivity (Wildman–Crippen MR) is 77.1 cm³/mol. The Bertz CT molecular complexity index is 348. The van der Waals surface area contributed by atoms with E-state index in [0.717, 1.165) is 38.5 Å². The van der Waals surface area contributed by atoms with Crippen LogP contribution in [0.5, 0.6) is 0 Å². The maximum absolute atomic E-state index is 11.5. The molecule has 1 unspecified atom stereocenters. The first-order valence-electron chi connectivity index (χ1n) is 6.90. The maximum Gasteiger partial charge on any atom is 0.233 e. The molecule has 1 atom stereocenters. The van der Waals surface area contributed by atoms with E-state index in [1.54, 1.807) is 7.11 Å². The number of methoxy groups -OCH3 is 1. The van der Waals surface area contributed by atoms with Gasteiger partial charge in [-0.05, 0) is 19.8 Å². The molecule has 0 N–H and O–H groups in total. The van der Waals surface area contributed by atoms with Crippen molar-refractivity contribution in [3.63, 3.8) is 0 Å². The zero-order valence-electron chi connectivity index (χ0n) is 11.9. The Kier molecular flexibility index (Phi) is 7.08. The van der Waals surface area contributed by atoms with Crippen LogP contribution in [0.25, 0.3) is 0 Å². The van der Waals surface area contributed by atoms with E-state index in [-0.39, 0.29) is 17.3 Å². The highest BCUT2D eigenvalue weighted by Crippen LogP contribution is 2.37. The summed E-state index contributed by atoms with van der Waals surface area (Å²) in [6.45, 7) is 2.90. The molecule has 1 aliphatic carbocycles. The number of hydrogen-bond acceptors (Lipinski definition) is 4. The summed E-state index contributed by atoms with van der Waals surface area (Å²) in [6.07, 6.45) is 6.15. The summed E-state index contributed by atoms with van der Waals surface area (Å²) >= 11 is 0. The lowest BCUT2D eigenvalue weighted by Crippen LogP contribution is -2.35. The largest absolute Gasteiger partial charge is 0.382 e. The smallest absolute Gasteiger partial charge is 0.233 e. The molecule has 0 aliphatic heterocycles. The van der Waals surface area contributed by atoms with Gasteiger partial charge in [0.1, 0.15) is 0 Å². The summed E-state index contributed by atoms with van der Waals surface area (Å²) in [7, 11) is 3.61. The molecule has 0 spiro atoms. The minimum Gasteiger partial charge on any atom is -0.382 e. The fourth-order valence-electron chi connectivity index (χ4n) is 2.78. The molecule has 0 amide bonds. The summed E-state index contributed by atoms with van der Waals surface area (Å²) in [4.78, 5) is 0. The van der Waals surface area contributed by atoms with Crippen molar-refractivity contribution in [3.8, 4) is 0 Å². The third kappa shape index (κ3) is 6.93. The van der Waals surface area contributed by atoms with Crippen LogP contribution < -0.4 is 0 Å². The number of ether oxygens (including phenoxy) is 2. The number of rotatable bonds is 7. The van der Waals surface area contributed by atoms with Gasteiger partial charge in [-0.25, -0.2) is 8.42 Å². The summed E-state index contributed by atoms with van der Waals surface area (Å²) in [6, 6.07) is 0. The first-order valence-corrected chi connectivity index (χ1v) is 9.38. The Labute approximate surface area is 121 Å². The van der Waals surface area contributed by atoms with Crippen molar-refractivity contribution in [2.24, 2.45) is 5.41 Å². The second-order valence-corrected chi connectivity index (χ2v) is 8.45. The Balaban J connectivity index is 2.67. The van der Waals surface area contributed by atoms with Gasteiger partial charge in [0.15, 0.2) is 0 Å². The van der Waals surface area contributed by atoms with Crippen LogP contribution in [-0.2, 0) is 18.5 Å². The normalized spacial score (nSPS) is 21.8. The number of halogens is 1. The van der Waals surface area contributed by atoms with E-state index < -0.39 is 9.05 Å². The van der Waals surface area contributed by atoms with E-state index in [9.17, 15) is 8.42 Å². The molecular weight excluding hydrogens is 288 g/mol. The highest BCUT2D eigenvalue weighted by Gasteiger charge is 2.36. The van der Waals surface area contributed by atoms with E-state index in [0.29, 0.717) is 13.2 Å². The summed E-state index contributed by atoms with van der Waals surface area (Å²) < 4.78 is 33.8. The van der Waals surface area contributed by atoms with Crippen LogP contribution in [-0.4, -0.2) is 40.6 Å². The summed E-state index contributed by atoms with van der Waals surface area (Å²) in [5.41, 5.74) is -0.320. The molecule has 0 bridgehead atoms. The molecule has 0 radical (unpaired) electrons. The van der Waals surface area contributed by atoms with Gasteiger partial charge in [-0.1, -0.05) is 25.7 Å². The lowest BCUT2D eigenvalue weighted by atomic mass is 9.83. The predicted octanol–water partition coefficient (Wildman–Crippen LogP) is 2.95. The lowest BCUT2D eigenvalue weighted by molar-refractivity contribution is -0.0323. The fraction of sp³-hybridized carbons (Fsp3) is 1.00. The lowest BCUT2D eigenvalue weighted by Gasteiger charge is -2.32. The topological polar surface area (TPSA) is 52.6 Å². The van der Waals surface area contributed by atoms with Gasteiger partial charge < -0.3 is 9.47 Å². The monoisotopic (exact) mass is 312 g/mol. The van der Waals surface area contributed by atoms with Crippen molar-refractivity contribution in [2.75, 3.05) is 26.1 Å². The van der Waals surface area contributed by atoms with E-state index in [2.05, 4.69) is 0 Å². The van der Waals surface area contributed by atoms with Crippen LogP contribution in [0.1, 0.15) is 45.4 Å². The molecule has 0 saturated heterocycles. The van der Waals surface area contributed by atoms with E-state index >= 15 is 0 Å². The highest BCUT2D eigenvalue weighted by molar-refractivity contribution is 8.13. The van der Waals surface area contributed by atoms with Gasteiger partial charge in [-0.3, -0.25) is 0 Å². The van der Waals surface area contributed by atoms with Crippen molar-refractivity contribution in [2.45, 2.75) is 51.6 Å². The molecule has 0 heterocycles. The number of hydrogen-bond donors (Lipinski definition) is 0. The Morgan fingerprint density at radius 2 is 1.79 bits per heavy atom. The van der Waals surface area contributed by atoms with Gasteiger partial charge in [0.05, 0.1) is 25.1 Å². The highest BCUT2D eigenvalue weighted by atomic mass is 35.7. The van der Waals surface area contributed by atoms with Crippen LogP contribution in [0.3, 0.4) is 0 Å². The van der Waals surface area contributed by atoms with Crippen molar-refractivity contribution >= 4 is 19.7 Å². The minimum atomic E-state index is -3.50.